The lowest BCUT2D eigenvalue weighted by Gasteiger charge is -2.13. The zero-order valence-corrected chi connectivity index (χ0v) is 11.7. The second kappa shape index (κ2) is 5.18. The minimum absolute atomic E-state index is 0.232. The van der Waals surface area contributed by atoms with Gasteiger partial charge >= 0.3 is 0 Å². The normalized spacial score (nSPS) is 13.1. The van der Waals surface area contributed by atoms with Crippen LogP contribution in [-0.4, -0.2) is 21.6 Å². The number of nitrogen functional groups attached to an aromatic ring is 1. The lowest BCUT2D eigenvalue weighted by molar-refractivity contribution is 0.546. The summed E-state index contributed by atoms with van der Waals surface area (Å²) in [4.78, 5) is 4.22. The van der Waals surface area contributed by atoms with E-state index in [2.05, 4.69) is 18.2 Å². The summed E-state index contributed by atoms with van der Waals surface area (Å²) in [6.45, 7) is 4.75. The van der Waals surface area contributed by atoms with Gasteiger partial charge in [0.15, 0.2) is 0 Å². The van der Waals surface area contributed by atoms with Crippen molar-refractivity contribution in [1.82, 2.24) is 9.55 Å². The molecule has 0 aliphatic heterocycles. The summed E-state index contributed by atoms with van der Waals surface area (Å²) < 4.78 is 15.5. The summed E-state index contributed by atoms with van der Waals surface area (Å²) in [5, 5.41) is 0. The van der Waals surface area contributed by atoms with Crippen LogP contribution in [0.1, 0.15) is 12.5 Å². The van der Waals surface area contributed by atoms with E-state index in [1.54, 1.807) is 6.92 Å². The van der Waals surface area contributed by atoms with Crippen LogP contribution in [0.5, 0.6) is 0 Å². The van der Waals surface area contributed by atoms with Crippen molar-refractivity contribution in [2.75, 3.05) is 17.7 Å². The summed E-state index contributed by atoms with van der Waals surface area (Å²) >= 11 is 1.81. The highest BCUT2D eigenvalue weighted by molar-refractivity contribution is 7.98. The highest BCUT2D eigenvalue weighted by Gasteiger charge is 2.13. The van der Waals surface area contributed by atoms with E-state index in [0.29, 0.717) is 22.9 Å². The number of halogens is 1. The van der Waals surface area contributed by atoms with Gasteiger partial charge in [-0.1, -0.05) is 6.92 Å². The lowest BCUT2D eigenvalue weighted by Crippen LogP contribution is -2.12. The Balaban J connectivity index is 2.43. The van der Waals surface area contributed by atoms with Crippen LogP contribution in [0, 0.1) is 18.7 Å². The molecule has 1 unspecified atom stereocenters. The molecule has 2 aromatic rings. The van der Waals surface area contributed by atoms with Crippen LogP contribution in [0.4, 0.5) is 10.3 Å². The van der Waals surface area contributed by atoms with Crippen molar-refractivity contribution < 1.29 is 4.39 Å². The van der Waals surface area contributed by atoms with Gasteiger partial charge in [0.1, 0.15) is 5.82 Å². The average molecular weight is 267 g/mol. The maximum absolute atomic E-state index is 13.5. The highest BCUT2D eigenvalue weighted by Crippen LogP contribution is 2.23. The number of aryl methyl sites for hydroxylation is 1. The predicted octanol–water partition coefficient (Wildman–Crippen LogP) is 3.07. The van der Waals surface area contributed by atoms with Crippen molar-refractivity contribution >= 4 is 28.7 Å². The quantitative estimate of drug-likeness (QED) is 0.926. The van der Waals surface area contributed by atoms with Crippen LogP contribution in [-0.2, 0) is 6.54 Å². The molecule has 0 aliphatic carbocycles. The van der Waals surface area contributed by atoms with Gasteiger partial charge in [-0.15, -0.1) is 0 Å². The van der Waals surface area contributed by atoms with Crippen LogP contribution >= 0.6 is 11.8 Å². The van der Waals surface area contributed by atoms with Crippen molar-refractivity contribution in [3.8, 4) is 0 Å². The van der Waals surface area contributed by atoms with Crippen LogP contribution in [0.25, 0.3) is 11.0 Å². The molecule has 18 heavy (non-hydrogen) atoms. The standard InChI is InChI=1S/C13H18FN3S/c1-8(7-18-3)6-17-12-4-9(2)10(14)5-11(12)16-13(17)15/h4-5,8H,6-7H2,1-3H3,(H2,15,16). The van der Waals surface area contributed by atoms with Crippen molar-refractivity contribution in [2.24, 2.45) is 5.92 Å². The molecule has 0 aliphatic rings. The number of rotatable bonds is 4. The molecule has 1 atom stereocenters. The number of hydrogen-bond donors (Lipinski definition) is 1. The monoisotopic (exact) mass is 267 g/mol. The minimum Gasteiger partial charge on any atom is -0.369 e. The zero-order chi connectivity index (χ0) is 13.3. The highest BCUT2D eigenvalue weighted by atomic mass is 32.2. The first-order valence-electron chi connectivity index (χ1n) is 5.93. The van der Waals surface area contributed by atoms with Crippen LogP contribution in [0.2, 0.25) is 0 Å². The Hall–Kier alpha value is -1.23. The molecule has 98 valence electrons. The molecule has 2 N–H and O–H groups in total. The van der Waals surface area contributed by atoms with Crippen LogP contribution in [0.15, 0.2) is 12.1 Å². The summed E-state index contributed by atoms with van der Waals surface area (Å²) in [6.07, 6.45) is 2.09. The van der Waals surface area contributed by atoms with Gasteiger partial charge in [0.2, 0.25) is 5.95 Å². The van der Waals surface area contributed by atoms with E-state index in [-0.39, 0.29) is 5.82 Å². The predicted molar refractivity (Wildman–Crippen MR) is 76.4 cm³/mol. The molecule has 5 heteroatoms. The second-order valence-electron chi connectivity index (χ2n) is 4.73. The fourth-order valence-corrected chi connectivity index (χ4v) is 2.78. The number of nitrogens with zero attached hydrogens (tertiary/aromatic N) is 2. The van der Waals surface area contributed by atoms with Crippen molar-refractivity contribution in [3.63, 3.8) is 0 Å². The Morgan fingerprint density at radius 1 is 1.50 bits per heavy atom. The van der Waals surface area contributed by atoms with Crippen LogP contribution in [0.3, 0.4) is 0 Å². The largest absolute Gasteiger partial charge is 0.369 e. The number of fused-ring (bicyclic) bond motifs is 1. The molecular formula is C13H18FN3S. The fourth-order valence-electron chi connectivity index (χ4n) is 2.11. The summed E-state index contributed by atoms with van der Waals surface area (Å²) in [7, 11) is 0. The maximum Gasteiger partial charge on any atom is 0.201 e. The van der Waals surface area contributed by atoms with E-state index in [9.17, 15) is 4.39 Å². The molecule has 1 aromatic heterocycles. The van der Waals surface area contributed by atoms with Gasteiger partial charge in [0.05, 0.1) is 11.0 Å². The summed E-state index contributed by atoms with van der Waals surface area (Å²) in [5.41, 5.74) is 8.09. The second-order valence-corrected chi connectivity index (χ2v) is 5.64. The molecule has 0 spiro atoms. The molecule has 0 saturated heterocycles. The third kappa shape index (κ3) is 2.46. The molecule has 0 radical (unpaired) electrons. The third-order valence-corrected chi connectivity index (χ3v) is 3.91. The maximum atomic E-state index is 13.5. The number of benzene rings is 1. The van der Waals surface area contributed by atoms with Gasteiger partial charge < -0.3 is 10.3 Å². The zero-order valence-electron chi connectivity index (χ0n) is 10.9. The summed E-state index contributed by atoms with van der Waals surface area (Å²) in [5.74, 6) is 1.80. The van der Waals surface area contributed by atoms with Gasteiger partial charge in [0.25, 0.3) is 0 Å². The van der Waals surface area contributed by atoms with Gasteiger partial charge in [-0.25, -0.2) is 9.37 Å². The number of anilines is 1. The van der Waals surface area contributed by atoms with E-state index in [4.69, 9.17) is 5.73 Å². The molecule has 0 amide bonds. The number of hydrogen-bond acceptors (Lipinski definition) is 3. The first kappa shape index (κ1) is 13.2. The first-order valence-corrected chi connectivity index (χ1v) is 7.33. The van der Waals surface area contributed by atoms with Gasteiger partial charge in [-0.3, -0.25) is 0 Å². The third-order valence-electron chi connectivity index (χ3n) is 3.00. The summed E-state index contributed by atoms with van der Waals surface area (Å²) in [6, 6.07) is 3.27. The van der Waals surface area contributed by atoms with Crippen molar-refractivity contribution in [3.05, 3.63) is 23.5 Å². The Bertz CT molecular complexity index is 565. The SMILES string of the molecule is CSCC(C)Cn1c(N)nc2cc(F)c(C)cc21. The number of thioether (sulfide) groups is 1. The van der Waals surface area contributed by atoms with E-state index in [0.717, 1.165) is 17.8 Å². The fraction of sp³-hybridized carbons (Fsp3) is 0.462. The van der Waals surface area contributed by atoms with Crippen molar-refractivity contribution in [2.45, 2.75) is 20.4 Å². The minimum atomic E-state index is -0.232. The molecule has 1 heterocycles. The molecular weight excluding hydrogens is 249 g/mol. The molecule has 1 aromatic carbocycles. The van der Waals surface area contributed by atoms with Gasteiger partial charge in [-0.2, -0.15) is 11.8 Å². The number of nitrogens with two attached hydrogens (primary N) is 1. The number of imidazole rings is 1. The van der Waals surface area contributed by atoms with E-state index in [1.807, 2.05) is 22.4 Å². The number of aromatic nitrogens is 2. The van der Waals surface area contributed by atoms with E-state index < -0.39 is 0 Å². The Labute approximate surface area is 111 Å². The first-order chi connectivity index (χ1) is 8.52. The Morgan fingerprint density at radius 2 is 2.22 bits per heavy atom. The molecule has 0 bridgehead atoms. The topological polar surface area (TPSA) is 43.8 Å². The molecule has 0 saturated carbocycles. The van der Waals surface area contributed by atoms with E-state index >= 15 is 0 Å². The van der Waals surface area contributed by atoms with Gasteiger partial charge in [-0.05, 0) is 36.5 Å². The average Bonchev–Trinajstić information content (AvgIpc) is 2.57. The molecule has 0 fully saturated rings. The lowest BCUT2D eigenvalue weighted by atomic mass is 10.2. The Kier molecular flexibility index (Phi) is 3.80. The van der Waals surface area contributed by atoms with Crippen molar-refractivity contribution in [1.29, 1.82) is 0 Å². The smallest absolute Gasteiger partial charge is 0.201 e. The van der Waals surface area contributed by atoms with Gasteiger partial charge in [0, 0.05) is 12.6 Å². The van der Waals surface area contributed by atoms with Crippen LogP contribution < -0.4 is 5.73 Å². The Morgan fingerprint density at radius 3 is 2.89 bits per heavy atom. The van der Waals surface area contributed by atoms with E-state index in [1.165, 1.54) is 6.07 Å². The molecule has 3 nitrogen and oxygen atoms in total. The molecule has 2 rings (SSSR count).